The molecule has 1 heterocycles. The maximum atomic E-state index is 12.9. The zero-order valence-electron chi connectivity index (χ0n) is 19.9. The summed E-state index contributed by atoms with van der Waals surface area (Å²) in [7, 11) is 0. The van der Waals surface area contributed by atoms with E-state index in [1.54, 1.807) is 20.8 Å². The van der Waals surface area contributed by atoms with Crippen molar-refractivity contribution in [3.8, 4) is 0 Å². The van der Waals surface area contributed by atoms with Crippen LogP contribution in [0.2, 0.25) is 0 Å². The quantitative estimate of drug-likeness (QED) is 0.438. The highest BCUT2D eigenvalue weighted by Gasteiger charge is 2.29. The number of hydrogen-bond acceptors (Lipinski definition) is 5. The Bertz CT molecular complexity index is 1130. The second kappa shape index (κ2) is 10.9. The first-order valence-electron chi connectivity index (χ1n) is 11.2. The summed E-state index contributed by atoms with van der Waals surface area (Å²) in [5.41, 5.74) is 1.92. The van der Waals surface area contributed by atoms with E-state index in [-0.39, 0.29) is 13.0 Å². The molecule has 0 aliphatic heterocycles. The molecular formula is C26H31N3O5. The number of nitrogens with one attached hydrogen (secondary N) is 3. The van der Waals surface area contributed by atoms with E-state index in [4.69, 9.17) is 9.47 Å². The van der Waals surface area contributed by atoms with Gasteiger partial charge in [0.25, 0.3) is 0 Å². The average Bonchev–Trinajstić information content (AvgIpc) is 3.19. The summed E-state index contributed by atoms with van der Waals surface area (Å²) in [5, 5.41) is 6.18. The van der Waals surface area contributed by atoms with Gasteiger partial charge in [-0.2, -0.15) is 0 Å². The lowest BCUT2D eigenvalue weighted by Gasteiger charge is -2.25. The molecule has 2 atom stereocenters. The van der Waals surface area contributed by atoms with E-state index in [2.05, 4.69) is 15.6 Å². The number of carbonyl (C=O) groups excluding carboxylic acids is 3. The van der Waals surface area contributed by atoms with Gasteiger partial charge in [0.1, 0.15) is 24.3 Å². The summed E-state index contributed by atoms with van der Waals surface area (Å²) in [6, 6.07) is 15.1. The Labute approximate surface area is 199 Å². The molecule has 0 saturated carbocycles. The molecule has 0 aliphatic carbocycles. The normalized spacial score (nSPS) is 13.1. The number of benzene rings is 2. The van der Waals surface area contributed by atoms with Crippen molar-refractivity contribution < 1.29 is 23.9 Å². The van der Waals surface area contributed by atoms with Crippen LogP contribution < -0.4 is 10.6 Å². The molecule has 0 saturated heterocycles. The molecule has 2 amide bonds. The maximum Gasteiger partial charge on any atom is 0.408 e. The van der Waals surface area contributed by atoms with E-state index in [9.17, 15) is 14.4 Å². The van der Waals surface area contributed by atoms with Gasteiger partial charge in [0.05, 0.1) is 0 Å². The number of rotatable bonds is 8. The number of aromatic nitrogens is 1. The monoisotopic (exact) mass is 465 g/mol. The first-order valence-corrected chi connectivity index (χ1v) is 11.2. The number of carbonyl (C=O) groups is 3. The van der Waals surface area contributed by atoms with E-state index in [1.165, 1.54) is 6.92 Å². The van der Waals surface area contributed by atoms with Crippen molar-refractivity contribution >= 4 is 28.9 Å². The highest BCUT2D eigenvalue weighted by molar-refractivity contribution is 5.90. The van der Waals surface area contributed by atoms with Crippen molar-refractivity contribution in [3.05, 3.63) is 71.9 Å². The fraction of sp³-hybridized carbons (Fsp3) is 0.346. The molecule has 0 unspecified atom stereocenters. The minimum Gasteiger partial charge on any atom is -0.458 e. The first kappa shape index (κ1) is 24.8. The van der Waals surface area contributed by atoms with Crippen LogP contribution in [0.25, 0.3) is 10.9 Å². The smallest absolute Gasteiger partial charge is 0.408 e. The lowest BCUT2D eigenvalue weighted by Crippen LogP contribution is -2.52. The number of alkyl carbamates (subject to hydrolysis) is 1. The first-order chi connectivity index (χ1) is 16.1. The molecule has 8 nitrogen and oxygen atoms in total. The summed E-state index contributed by atoms with van der Waals surface area (Å²) < 4.78 is 10.7. The van der Waals surface area contributed by atoms with Crippen molar-refractivity contribution in [1.82, 2.24) is 15.6 Å². The summed E-state index contributed by atoms with van der Waals surface area (Å²) in [5.74, 6) is -1.07. The van der Waals surface area contributed by atoms with Gasteiger partial charge in [-0.15, -0.1) is 0 Å². The number of esters is 1. The molecule has 8 heteroatoms. The van der Waals surface area contributed by atoms with Gasteiger partial charge in [-0.25, -0.2) is 9.59 Å². The van der Waals surface area contributed by atoms with E-state index in [1.807, 2.05) is 60.8 Å². The van der Waals surface area contributed by atoms with Crippen LogP contribution in [0.15, 0.2) is 60.8 Å². The van der Waals surface area contributed by atoms with Crippen LogP contribution >= 0.6 is 0 Å². The van der Waals surface area contributed by atoms with Crippen LogP contribution in [0, 0.1) is 0 Å². The number of H-pyrrole nitrogens is 1. The summed E-state index contributed by atoms with van der Waals surface area (Å²) >= 11 is 0. The summed E-state index contributed by atoms with van der Waals surface area (Å²) in [6.45, 7) is 6.91. The lowest BCUT2D eigenvalue weighted by molar-refractivity contribution is -0.158. The molecule has 0 radical (unpaired) electrons. The molecule has 0 spiro atoms. The SMILES string of the molecule is C[C@H](NC(=O)OCc1ccccc1)C(=O)N[C@@H](Cc1c[nH]c2ccccc12)C(=O)OC(C)(C)C. The second-order valence-corrected chi connectivity index (χ2v) is 9.09. The molecule has 0 fully saturated rings. The second-order valence-electron chi connectivity index (χ2n) is 9.09. The molecule has 0 bridgehead atoms. The topological polar surface area (TPSA) is 110 Å². The zero-order valence-corrected chi connectivity index (χ0v) is 19.9. The van der Waals surface area contributed by atoms with Crippen molar-refractivity contribution in [1.29, 1.82) is 0 Å². The molecule has 180 valence electrons. The molecule has 34 heavy (non-hydrogen) atoms. The molecule has 3 rings (SSSR count). The Morgan fingerprint density at radius 1 is 0.971 bits per heavy atom. The Hall–Kier alpha value is -3.81. The fourth-order valence-electron chi connectivity index (χ4n) is 3.39. The highest BCUT2D eigenvalue weighted by Crippen LogP contribution is 2.20. The molecule has 2 aromatic carbocycles. The molecule has 3 N–H and O–H groups in total. The van der Waals surface area contributed by atoms with Crippen LogP contribution in [-0.2, 0) is 32.1 Å². The fourth-order valence-corrected chi connectivity index (χ4v) is 3.39. The number of hydrogen-bond donors (Lipinski definition) is 3. The Morgan fingerprint density at radius 2 is 1.65 bits per heavy atom. The van der Waals surface area contributed by atoms with Gasteiger partial charge < -0.3 is 25.1 Å². The van der Waals surface area contributed by atoms with Crippen LogP contribution in [0.5, 0.6) is 0 Å². The molecule has 1 aromatic heterocycles. The minimum atomic E-state index is -0.935. The molecule has 3 aromatic rings. The van der Waals surface area contributed by atoms with E-state index in [0.717, 1.165) is 22.0 Å². The Morgan fingerprint density at radius 3 is 2.35 bits per heavy atom. The predicted octanol–water partition coefficient (Wildman–Crippen LogP) is 3.85. The van der Waals surface area contributed by atoms with Gasteiger partial charge >= 0.3 is 12.1 Å². The van der Waals surface area contributed by atoms with Crippen LogP contribution in [0.3, 0.4) is 0 Å². The number of amides is 2. The van der Waals surface area contributed by atoms with Gasteiger partial charge in [0, 0.05) is 23.5 Å². The number of aromatic amines is 1. The van der Waals surface area contributed by atoms with Gasteiger partial charge in [-0.3, -0.25) is 4.79 Å². The van der Waals surface area contributed by atoms with Crippen LogP contribution in [-0.4, -0.2) is 40.6 Å². The van der Waals surface area contributed by atoms with Gasteiger partial charge in [0.2, 0.25) is 5.91 Å². The Balaban J connectivity index is 1.64. The number of para-hydroxylation sites is 1. The zero-order chi connectivity index (χ0) is 24.7. The van der Waals surface area contributed by atoms with Crippen molar-refractivity contribution in [2.24, 2.45) is 0 Å². The lowest BCUT2D eigenvalue weighted by atomic mass is 10.0. The number of fused-ring (bicyclic) bond motifs is 1. The average molecular weight is 466 g/mol. The van der Waals surface area contributed by atoms with Gasteiger partial charge in [0.15, 0.2) is 0 Å². The van der Waals surface area contributed by atoms with E-state index < -0.39 is 35.7 Å². The molecular weight excluding hydrogens is 434 g/mol. The molecule has 0 aliphatic rings. The van der Waals surface area contributed by atoms with E-state index >= 15 is 0 Å². The summed E-state index contributed by atoms with van der Waals surface area (Å²) in [6.07, 6.45) is 1.32. The largest absolute Gasteiger partial charge is 0.458 e. The van der Waals surface area contributed by atoms with Crippen LogP contribution in [0.1, 0.15) is 38.8 Å². The van der Waals surface area contributed by atoms with Crippen molar-refractivity contribution in [2.45, 2.75) is 58.4 Å². The predicted molar refractivity (Wildman–Crippen MR) is 129 cm³/mol. The maximum absolute atomic E-state index is 12.9. The minimum absolute atomic E-state index is 0.0854. The third-order valence-electron chi connectivity index (χ3n) is 5.05. The highest BCUT2D eigenvalue weighted by atomic mass is 16.6. The summed E-state index contributed by atoms with van der Waals surface area (Å²) in [4.78, 5) is 41.0. The third-order valence-corrected chi connectivity index (χ3v) is 5.05. The van der Waals surface area contributed by atoms with Gasteiger partial charge in [-0.1, -0.05) is 48.5 Å². The van der Waals surface area contributed by atoms with Gasteiger partial charge in [-0.05, 0) is 44.9 Å². The number of ether oxygens (including phenoxy) is 2. The van der Waals surface area contributed by atoms with E-state index in [0.29, 0.717) is 0 Å². The standard InChI is InChI=1S/C26H31N3O5/c1-17(28-25(32)33-16-18-10-6-5-7-11-18)23(30)29-22(24(31)34-26(2,3)4)14-19-15-27-21-13-9-8-12-20(19)21/h5-13,15,17,22,27H,14,16H2,1-4H3,(H,28,32)(H,29,30)/t17-,22-/m0/s1. The van der Waals surface area contributed by atoms with Crippen LogP contribution in [0.4, 0.5) is 4.79 Å². The van der Waals surface area contributed by atoms with Crippen molar-refractivity contribution in [3.63, 3.8) is 0 Å². The Kier molecular flexibility index (Phi) is 7.94. The van der Waals surface area contributed by atoms with Crippen molar-refractivity contribution in [2.75, 3.05) is 0 Å². The third kappa shape index (κ3) is 7.10.